The number of benzene rings is 2. The molecule has 1 aliphatic heterocycles. The van der Waals surface area contributed by atoms with E-state index < -0.39 is 6.04 Å². The number of nitrogens with zero attached hydrogens (tertiary/aromatic N) is 1. The lowest BCUT2D eigenvalue weighted by Crippen LogP contribution is -2.35. The lowest BCUT2D eigenvalue weighted by atomic mass is 10.1. The number of aryl methyl sites for hydroxylation is 1. The van der Waals surface area contributed by atoms with Gasteiger partial charge >= 0.3 is 0 Å². The predicted octanol–water partition coefficient (Wildman–Crippen LogP) is 4.35. The quantitative estimate of drug-likeness (QED) is 0.825. The van der Waals surface area contributed by atoms with Gasteiger partial charge in [-0.25, -0.2) is 4.90 Å². The highest BCUT2D eigenvalue weighted by Gasteiger charge is 2.40. The lowest BCUT2D eigenvalue weighted by Gasteiger charge is -2.19. The van der Waals surface area contributed by atoms with E-state index in [0.29, 0.717) is 21.4 Å². The smallest absolute Gasteiger partial charge is 0.256 e. The summed E-state index contributed by atoms with van der Waals surface area (Å²) in [7, 11) is 0. The van der Waals surface area contributed by atoms with Crippen molar-refractivity contribution in [2.45, 2.75) is 26.3 Å². The van der Waals surface area contributed by atoms with Crippen LogP contribution in [-0.4, -0.2) is 17.9 Å². The first-order valence-electron chi connectivity index (χ1n) is 7.53. The van der Waals surface area contributed by atoms with Crippen LogP contribution in [0.3, 0.4) is 0 Å². The van der Waals surface area contributed by atoms with Gasteiger partial charge in [0.25, 0.3) is 5.91 Å². The van der Waals surface area contributed by atoms with E-state index in [1.54, 1.807) is 24.3 Å². The van der Waals surface area contributed by atoms with E-state index in [-0.39, 0.29) is 18.2 Å². The number of nitrogens with one attached hydrogen (secondary N) is 1. The maximum atomic E-state index is 12.7. The van der Waals surface area contributed by atoms with Gasteiger partial charge in [0.05, 0.1) is 22.2 Å². The third-order valence-electron chi connectivity index (χ3n) is 4.22. The molecule has 4 nitrogen and oxygen atoms in total. The van der Waals surface area contributed by atoms with Gasteiger partial charge in [-0.05, 0) is 49.2 Å². The molecule has 1 heterocycles. The average molecular weight is 363 g/mol. The Kier molecular flexibility index (Phi) is 4.52. The third kappa shape index (κ3) is 2.99. The third-order valence-corrected chi connectivity index (χ3v) is 4.96. The number of anilines is 2. The lowest BCUT2D eigenvalue weighted by molar-refractivity contribution is -0.121. The van der Waals surface area contributed by atoms with Gasteiger partial charge in [0.15, 0.2) is 0 Å². The summed E-state index contributed by atoms with van der Waals surface area (Å²) in [5.41, 5.74) is 3.25. The zero-order valence-electron chi connectivity index (χ0n) is 13.3. The van der Waals surface area contributed by atoms with Crippen molar-refractivity contribution in [2.75, 3.05) is 10.2 Å². The van der Waals surface area contributed by atoms with Gasteiger partial charge in [0, 0.05) is 5.69 Å². The molecular weight excluding hydrogens is 347 g/mol. The zero-order chi connectivity index (χ0) is 17.4. The number of carbonyl (C=O) groups is 2. The van der Waals surface area contributed by atoms with Gasteiger partial charge in [-0.1, -0.05) is 35.3 Å². The van der Waals surface area contributed by atoms with E-state index in [1.807, 2.05) is 26.0 Å². The monoisotopic (exact) mass is 362 g/mol. The molecule has 0 bridgehead atoms. The van der Waals surface area contributed by atoms with Gasteiger partial charge in [0.2, 0.25) is 5.91 Å². The highest BCUT2D eigenvalue weighted by Crippen LogP contribution is 2.30. The van der Waals surface area contributed by atoms with Crippen LogP contribution >= 0.6 is 23.2 Å². The van der Waals surface area contributed by atoms with E-state index in [9.17, 15) is 9.59 Å². The van der Waals surface area contributed by atoms with Crippen molar-refractivity contribution in [1.82, 2.24) is 0 Å². The van der Waals surface area contributed by atoms with Crippen LogP contribution in [0.15, 0.2) is 36.4 Å². The number of halogens is 2. The fourth-order valence-electron chi connectivity index (χ4n) is 2.76. The van der Waals surface area contributed by atoms with Crippen molar-refractivity contribution in [3.8, 4) is 0 Å². The number of hydrogen-bond acceptors (Lipinski definition) is 3. The van der Waals surface area contributed by atoms with Gasteiger partial charge in [-0.15, -0.1) is 0 Å². The fraction of sp³-hybridized carbons (Fsp3) is 0.222. The van der Waals surface area contributed by atoms with E-state index in [1.165, 1.54) is 4.90 Å². The molecule has 1 fully saturated rings. The molecule has 3 rings (SSSR count). The van der Waals surface area contributed by atoms with E-state index in [2.05, 4.69) is 5.32 Å². The second kappa shape index (κ2) is 6.46. The summed E-state index contributed by atoms with van der Waals surface area (Å²) in [5, 5.41) is 3.90. The van der Waals surface area contributed by atoms with Crippen molar-refractivity contribution < 1.29 is 9.59 Å². The molecule has 6 heteroatoms. The summed E-state index contributed by atoms with van der Waals surface area (Å²) in [6, 6.07) is 9.99. The van der Waals surface area contributed by atoms with Gasteiger partial charge in [-0.2, -0.15) is 0 Å². The number of hydrogen-bond donors (Lipinski definition) is 1. The molecule has 0 spiro atoms. The fourth-order valence-corrected chi connectivity index (χ4v) is 3.06. The highest BCUT2D eigenvalue weighted by molar-refractivity contribution is 6.42. The molecule has 24 heavy (non-hydrogen) atoms. The Morgan fingerprint density at radius 1 is 1.08 bits per heavy atom. The first-order chi connectivity index (χ1) is 11.4. The maximum absolute atomic E-state index is 12.7. The first kappa shape index (κ1) is 16.8. The Balaban J connectivity index is 1.86. The average Bonchev–Trinajstić information content (AvgIpc) is 2.80. The Bertz CT molecular complexity index is 836. The van der Waals surface area contributed by atoms with Crippen LogP contribution in [-0.2, 0) is 9.59 Å². The zero-order valence-corrected chi connectivity index (χ0v) is 14.8. The van der Waals surface area contributed by atoms with Crippen molar-refractivity contribution in [1.29, 1.82) is 0 Å². The molecule has 0 radical (unpaired) electrons. The molecule has 1 saturated heterocycles. The highest BCUT2D eigenvalue weighted by atomic mass is 35.5. The van der Waals surface area contributed by atoms with Gasteiger partial charge in [0.1, 0.15) is 6.04 Å². The number of imide groups is 1. The molecule has 0 aliphatic carbocycles. The number of amides is 2. The molecule has 2 amide bonds. The first-order valence-corrected chi connectivity index (χ1v) is 8.28. The Morgan fingerprint density at radius 3 is 2.54 bits per heavy atom. The largest absolute Gasteiger partial charge is 0.373 e. The molecule has 0 saturated carbocycles. The minimum atomic E-state index is -0.616. The summed E-state index contributed by atoms with van der Waals surface area (Å²) in [6.45, 7) is 3.86. The molecule has 2 aromatic rings. The molecule has 0 aromatic heterocycles. The Labute approximate surface area is 150 Å². The summed E-state index contributed by atoms with van der Waals surface area (Å²) in [5.74, 6) is -0.481. The predicted molar refractivity (Wildman–Crippen MR) is 96.9 cm³/mol. The van der Waals surface area contributed by atoms with Crippen LogP contribution in [0.4, 0.5) is 11.4 Å². The Morgan fingerprint density at radius 2 is 1.83 bits per heavy atom. The van der Waals surface area contributed by atoms with Crippen molar-refractivity contribution in [3.05, 3.63) is 57.6 Å². The summed E-state index contributed by atoms with van der Waals surface area (Å²) in [6.07, 6.45) is 0.104. The van der Waals surface area contributed by atoms with Crippen molar-refractivity contribution in [3.63, 3.8) is 0 Å². The van der Waals surface area contributed by atoms with E-state index in [0.717, 1.165) is 11.1 Å². The van der Waals surface area contributed by atoms with Crippen molar-refractivity contribution in [2.24, 2.45) is 0 Å². The van der Waals surface area contributed by atoms with Crippen LogP contribution in [0, 0.1) is 13.8 Å². The minimum Gasteiger partial charge on any atom is -0.373 e. The number of rotatable bonds is 3. The minimum absolute atomic E-state index is 0.104. The maximum Gasteiger partial charge on any atom is 0.256 e. The topological polar surface area (TPSA) is 49.4 Å². The molecule has 1 N–H and O–H groups in total. The molecule has 1 aliphatic rings. The van der Waals surface area contributed by atoms with Crippen LogP contribution in [0.25, 0.3) is 0 Å². The standard InChI is InChI=1S/C18H16Cl2N2O2/c1-10-4-3-5-16(11(10)2)22-17(23)9-15(18(22)24)21-12-6-7-13(19)14(20)8-12/h3-8,15,21H,9H2,1-2H3/t15-/m1/s1. The van der Waals surface area contributed by atoms with E-state index in [4.69, 9.17) is 23.2 Å². The summed E-state index contributed by atoms with van der Waals surface area (Å²) in [4.78, 5) is 26.4. The second-order valence-electron chi connectivity index (χ2n) is 5.82. The van der Waals surface area contributed by atoms with Gasteiger partial charge < -0.3 is 5.32 Å². The molecular formula is C18H16Cl2N2O2. The van der Waals surface area contributed by atoms with Gasteiger partial charge in [-0.3, -0.25) is 9.59 Å². The molecule has 2 aromatic carbocycles. The summed E-state index contributed by atoms with van der Waals surface area (Å²) < 4.78 is 0. The van der Waals surface area contributed by atoms with Crippen LogP contribution in [0.5, 0.6) is 0 Å². The second-order valence-corrected chi connectivity index (χ2v) is 6.63. The van der Waals surface area contributed by atoms with Crippen LogP contribution < -0.4 is 10.2 Å². The molecule has 1 atom stereocenters. The van der Waals surface area contributed by atoms with E-state index >= 15 is 0 Å². The molecule has 124 valence electrons. The van der Waals surface area contributed by atoms with Crippen molar-refractivity contribution >= 4 is 46.4 Å². The number of carbonyl (C=O) groups excluding carboxylic acids is 2. The summed E-state index contributed by atoms with van der Waals surface area (Å²) >= 11 is 11.9. The Hall–Kier alpha value is -2.04. The molecule has 0 unspecified atom stereocenters. The SMILES string of the molecule is Cc1cccc(N2C(=O)C[C@@H](Nc3ccc(Cl)c(Cl)c3)C2=O)c1C. The van der Waals surface area contributed by atoms with Crippen LogP contribution in [0.1, 0.15) is 17.5 Å². The normalized spacial score (nSPS) is 17.5. The van der Waals surface area contributed by atoms with Crippen LogP contribution in [0.2, 0.25) is 10.0 Å².